The number of Topliss-reactive ketones (excluding diaryl/α,β-unsaturated/α-hetero) is 2. The highest BCUT2D eigenvalue weighted by atomic mass is 35.5. The van der Waals surface area contributed by atoms with Crippen molar-refractivity contribution in [2.75, 3.05) is 31.9 Å². The summed E-state index contributed by atoms with van der Waals surface area (Å²) >= 11 is 7.72. The van der Waals surface area contributed by atoms with Gasteiger partial charge in [0.1, 0.15) is 5.69 Å². The first-order valence-corrected chi connectivity index (χ1v) is 17.8. The van der Waals surface area contributed by atoms with Gasteiger partial charge in [0, 0.05) is 36.9 Å². The average molecular weight is 797 g/mol. The number of aliphatic carboxylic acids is 2. The van der Waals surface area contributed by atoms with Gasteiger partial charge >= 0.3 is 24.0 Å². The van der Waals surface area contributed by atoms with Crippen LogP contribution in [0, 0.1) is 5.92 Å². The molecule has 1 aromatic carbocycles. The molecule has 284 valence electrons. The number of hydrogen-bond donors (Lipinski definition) is 6. The number of benzene rings is 1. The lowest BCUT2D eigenvalue weighted by molar-refractivity contribution is -0.161. The predicted octanol–water partition coefficient (Wildman–Crippen LogP) is 1.34. The Morgan fingerprint density at radius 2 is 1.87 bits per heavy atom. The maximum Gasteiger partial charge on any atom is 0.350 e. The monoisotopic (exact) mass is 796 g/mol. The van der Waals surface area contributed by atoms with Gasteiger partial charge < -0.3 is 41.6 Å². The number of β-lactam (4-membered cyclic amide) rings is 1. The fraction of sp³-hybridized carbons (Fsp3) is 0.433. The van der Waals surface area contributed by atoms with Crippen LogP contribution in [0.15, 0.2) is 22.7 Å². The molecule has 5 amide bonds. The van der Waals surface area contributed by atoms with E-state index >= 15 is 0 Å². The van der Waals surface area contributed by atoms with Crippen LogP contribution in [0.3, 0.4) is 0 Å². The number of phenolic OH excluding ortho intramolecular Hbond substituents is 2. The van der Waals surface area contributed by atoms with E-state index in [1.807, 2.05) is 0 Å². The summed E-state index contributed by atoms with van der Waals surface area (Å²) in [5.41, 5.74) is 8.96. The number of ketones is 2. The number of aromatic nitrogens is 1. The molecule has 3 atom stereocenters. The zero-order chi connectivity index (χ0) is 39.2. The summed E-state index contributed by atoms with van der Waals surface area (Å²) in [5.74, 6) is -6.95. The Hall–Kier alpha value is -5.35. The Kier molecular flexibility index (Phi) is 10.7. The molecule has 23 heteroatoms. The Morgan fingerprint density at radius 1 is 1.17 bits per heavy atom. The van der Waals surface area contributed by atoms with Crippen LogP contribution in [-0.2, 0) is 24.0 Å². The first kappa shape index (κ1) is 38.9. The van der Waals surface area contributed by atoms with Crippen LogP contribution in [0.25, 0.3) is 0 Å². The van der Waals surface area contributed by atoms with Gasteiger partial charge in [-0.05, 0) is 32.4 Å². The van der Waals surface area contributed by atoms with E-state index in [-0.39, 0.29) is 53.9 Å². The minimum Gasteiger partial charge on any atom is -0.504 e. The predicted molar refractivity (Wildman–Crippen MR) is 186 cm³/mol. The van der Waals surface area contributed by atoms with Crippen molar-refractivity contribution in [2.24, 2.45) is 16.8 Å². The first-order valence-electron chi connectivity index (χ1n) is 15.7. The van der Waals surface area contributed by atoms with Gasteiger partial charge in [-0.2, -0.15) is 0 Å². The van der Waals surface area contributed by atoms with Crippen molar-refractivity contribution in [1.82, 2.24) is 24.8 Å². The van der Waals surface area contributed by atoms with Gasteiger partial charge in [0.25, 0.3) is 0 Å². The third-order valence-corrected chi connectivity index (χ3v) is 11.5. The SMILES string of the molecule is CC(C)(O/N=C(\C(=O)CC1C(=O)N2C[C@@](C(=O)O)(N3CCN(N(CCCC(=O)c4ccc(O)c(O)c4Cl)C(N)=O)C3=O)S[C@H]12)c1csc(N)n1)C(=O)O. The molecule has 3 aliphatic heterocycles. The summed E-state index contributed by atoms with van der Waals surface area (Å²) < 4.78 is 0. The number of nitrogen functional groups attached to an aromatic ring is 1. The number of halogens is 1. The maximum absolute atomic E-state index is 13.7. The van der Waals surface area contributed by atoms with Crippen molar-refractivity contribution in [3.63, 3.8) is 0 Å². The zero-order valence-corrected chi connectivity index (χ0v) is 30.3. The van der Waals surface area contributed by atoms with Crippen LogP contribution in [-0.4, -0.2) is 134 Å². The molecule has 1 unspecified atom stereocenters. The fourth-order valence-electron chi connectivity index (χ4n) is 5.81. The minimum absolute atomic E-state index is 0.0177. The molecule has 53 heavy (non-hydrogen) atoms. The molecule has 0 spiro atoms. The smallest absolute Gasteiger partial charge is 0.350 e. The number of thiazole rings is 1. The van der Waals surface area contributed by atoms with Gasteiger partial charge in [0.15, 0.2) is 33.9 Å². The van der Waals surface area contributed by atoms with Gasteiger partial charge in [-0.1, -0.05) is 28.5 Å². The topological polar surface area (TPSA) is 300 Å². The summed E-state index contributed by atoms with van der Waals surface area (Å²) in [5, 5.41) is 45.1. The average Bonchev–Trinajstić information content (AvgIpc) is 3.80. The lowest BCUT2D eigenvalue weighted by Crippen LogP contribution is -2.60. The van der Waals surface area contributed by atoms with Crippen LogP contribution in [0.2, 0.25) is 5.02 Å². The summed E-state index contributed by atoms with van der Waals surface area (Å²) in [4.78, 5) is 99.5. The van der Waals surface area contributed by atoms with Crippen molar-refractivity contribution < 1.29 is 58.8 Å². The standard InChI is InChI=1S/C30H33ClN8O12S2/c1-29(2,24(45)46)51-35-20(15-11-52-26(32)34-15)18(42)10-14-22(44)36-12-30(25(47)48,53-23(14)36)37-8-9-39(28(37)50)38(27(33)49)7-3-4-16(40)13-5-6-17(41)21(43)19(13)31/h5-6,11,14,23,41,43H,3-4,7-10,12H2,1-2H3,(H2,32,34)(H2,33,49)(H,45,46)(H,47,48)/b35-20-/t14?,23-,30-/m1/s1. The molecule has 2 aromatic rings. The molecule has 5 rings (SSSR count). The van der Waals surface area contributed by atoms with E-state index in [1.165, 1.54) is 30.2 Å². The van der Waals surface area contributed by atoms with Gasteiger partial charge in [-0.3, -0.25) is 19.3 Å². The number of urea groups is 2. The Bertz CT molecular complexity index is 1940. The van der Waals surface area contributed by atoms with Crippen LogP contribution in [0.5, 0.6) is 11.5 Å². The molecule has 20 nitrogen and oxygen atoms in total. The molecular formula is C30H33ClN8O12S2. The van der Waals surface area contributed by atoms with E-state index in [1.54, 1.807) is 0 Å². The number of carbonyl (C=O) groups is 7. The van der Waals surface area contributed by atoms with Crippen LogP contribution >= 0.6 is 34.7 Å². The number of hydrogen-bond acceptors (Lipinski definition) is 15. The number of carbonyl (C=O) groups excluding carboxylic acids is 5. The number of anilines is 1. The number of nitrogens with zero attached hydrogens (tertiary/aromatic N) is 6. The quantitative estimate of drug-likeness (QED) is 0.0487. The number of nitrogens with two attached hydrogens (primary N) is 2. The number of primary amides is 1. The molecule has 0 aliphatic carbocycles. The maximum atomic E-state index is 13.7. The number of thioether (sulfide) groups is 1. The lowest BCUT2D eigenvalue weighted by atomic mass is 9.90. The molecule has 3 fully saturated rings. The van der Waals surface area contributed by atoms with Gasteiger partial charge in [0.2, 0.25) is 16.4 Å². The highest BCUT2D eigenvalue weighted by Gasteiger charge is 2.66. The highest BCUT2D eigenvalue weighted by Crippen LogP contribution is 2.53. The third-order valence-electron chi connectivity index (χ3n) is 8.74. The third kappa shape index (κ3) is 7.20. The van der Waals surface area contributed by atoms with E-state index in [0.29, 0.717) is 0 Å². The number of carboxylic acid groups (broad SMARTS) is 2. The molecule has 8 N–H and O–H groups in total. The van der Waals surface area contributed by atoms with Crippen molar-refractivity contribution in [1.29, 1.82) is 0 Å². The number of fused-ring (bicyclic) bond motifs is 1. The summed E-state index contributed by atoms with van der Waals surface area (Å²) in [6, 6.07) is 0.327. The highest BCUT2D eigenvalue weighted by molar-refractivity contribution is 8.02. The van der Waals surface area contributed by atoms with E-state index < -0.39 is 93.4 Å². The molecule has 3 aliphatic rings. The summed E-state index contributed by atoms with van der Waals surface area (Å²) in [7, 11) is 0. The van der Waals surface area contributed by atoms with E-state index in [9.17, 15) is 54.0 Å². The number of hydrazine groups is 1. The zero-order valence-electron chi connectivity index (χ0n) is 27.9. The van der Waals surface area contributed by atoms with E-state index in [2.05, 4.69) is 10.1 Å². The van der Waals surface area contributed by atoms with Crippen molar-refractivity contribution >= 4 is 87.0 Å². The van der Waals surface area contributed by atoms with Crippen LogP contribution < -0.4 is 11.5 Å². The lowest BCUT2D eigenvalue weighted by Gasteiger charge is -2.40. The summed E-state index contributed by atoms with van der Waals surface area (Å²) in [6.45, 7) is 1.36. The Labute approximate surface area is 312 Å². The van der Waals surface area contributed by atoms with Crippen LogP contribution in [0.1, 0.15) is 49.2 Å². The van der Waals surface area contributed by atoms with Gasteiger partial charge in [-0.15, -0.1) is 11.3 Å². The Morgan fingerprint density at radius 3 is 2.47 bits per heavy atom. The molecule has 0 saturated carbocycles. The number of oxime groups is 1. The molecule has 4 heterocycles. The molecular weight excluding hydrogens is 764 g/mol. The fourth-order valence-corrected chi connectivity index (χ4v) is 8.31. The number of phenols is 2. The van der Waals surface area contributed by atoms with E-state index in [4.69, 9.17) is 27.9 Å². The normalized spacial score (nSPS) is 21.3. The van der Waals surface area contributed by atoms with E-state index in [0.717, 1.165) is 44.1 Å². The second-order valence-electron chi connectivity index (χ2n) is 12.6. The Balaban J connectivity index is 1.28. The van der Waals surface area contributed by atoms with Crippen molar-refractivity contribution in [3.8, 4) is 11.5 Å². The summed E-state index contributed by atoms with van der Waals surface area (Å²) in [6.07, 6.45) is -0.724. The minimum atomic E-state index is -2.02. The van der Waals surface area contributed by atoms with Crippen molar-refractivity contribution in [2.45, 2.75) is 49.0 Å². The van der Waals surface area contributed by atoms with Crippen LogP contribution in [0.4, 0.5) is 14.7 Å². The van der Waals surface area contributed by atoms with Crippen molar-refractivity contribution in [3.05, 3.63) is 33.8 Å². The molecule has 0 bridgehead atoms. The molecule has 1 aromatic heterocycles. The second kappa shape index (κ2) is 14.6. The largest absolute Gasteiger partial charge is 0.504 e. The molecule has 3 saturated heterocycles. The number of aromatic hydroxyl groups is 2. The number of amides is 5. The van der Waals surface area contributed by atoms with Gasteiger partial charge in [-0.25, -0.2) is 34.2 Å². The number of rotatable bonds is 15. The first-order chi connectivity index (χ1) is 24.8. The second-order valence-corrected chi connectivity index (χ2v) is 15.2. The van der Waals surface area contributed by atoms with Gasteiger partial charge in [0.05, 0.1) is 29.4 Å². The molecule has 0 radical (unpaired) electrons. The number of carboxylic acids is 2.